The van der Waals surface area contributed by atoms with Gasteiger partial charge in [-0.05, 0) is 35.9 Å². The second kappa shape index (κ2) is 7.31. The number of thioether (sulfide) groups is 1. The Bertz CT molecular complexity index is 589. The van der Waals surface area contributed by atoms with Gasteiger partial charge in [0, 0.05) is 16.5 Å². The molecular formula is C15H13ClFNOS. The summed E-state index contributed by atoms with van der Waals surface area (Å²) >= 11 is 7.29. The van der Waals surface area contributed by atoms with Crippen LogP contribution in [0.4, 0.5) is 10.1 Å². The van der Waals surface area contributed by atoms with Crippen molar-refractivity contribution in [1.82, 2.24) is 0 Å². The van der Waals surface area contributed by atoms with Gasteiger partial charge in [-0.2, -0.15) is 0 Å². The molecule has 2 nitrogen and oxygen atoms in total. The Morgan fingerprint density at radius 3 is 2.65 bits per heavy atom. The number of hydrogen-bond acceptors (Lipinski definition) is 2. The van der Waals surface area contributed by atoms with Crippen molar-refractivity contribution in [2.75, 3.05) is 11.1 Å². The molecule has 2 aromatic carbocycles. The van der Waals surface area contributed by atoms with Gasteiger partial charge in [0.1, 0.15) is 5.82 Å². The first-order chi connectivity index (χ1) is 9.63. The Labute approximate surface area is 126 Å². The third-order valence-corrected chi connectivity index (χ3v) is 3.78. The van der Waals surface area contributed by atoms with E-state index in [1.807, 2.05) is 24.3 Å². The lowest BCUT2D eigenvalue weighted by atomic mass is 10.2. The summed E-state index contributed by atoms with van der Waals surface area (Å²) in [7, 11) is 0. The van der Waals surface area contributed by atoms with Crippen LogP contribution in [-0.2, 0) is 10.5 Å². The fourth-order valence-electron chi connectivity index (χ4n) is 1.61. The molecule has 0 aromatic heterocycles. The maximum atomic E-state index is 13.0. The van der Waals surface area contributed by atoms with E-state index in [1.54, 1.807) is 12.1 Å². The van der Waals surface area contributed by atoms with Crippen molar-refractivity contribution in [2.45, 2.75) is 5.75 Å². The van der Waals surface area contributed by atoms with Crippen LogP contribution in [0.5, 0.6) is 0 Å². The largest absolute Gasteiger partial charge is 0.325 e. The highest BCUT2D eigenvalue weighted by Gasteiger charge is 2.03. The van der Waals surface area contributed by atoms with E-state index in [2.05, 4.69) is 5.32 Å². The van der Waals surface area contributed by atoms with E-state index in [0.29, 0.717) is 16.5 Å². The van der Waals surface area contributed by atoms with Gasteiger partial charge in [0.05, 0.1) is 5.75 Å². The maximum Gasteiger partial charge on any atom is 0.234 e. The van der Waals surface area contributed by atoms with Crippen LogP contribution in [0.15, 0.2) is 48.5 Å². The molecule has 0 saturated heterocycles. The number of nitrogens with one attached hydrogen (secondary N) is 1. The molecule has 0 radical (unpaired) electrons. The molecule has 1 N–H and O–H groups in total. The van der Waals surface area contributed by atoms with Gasteiger partial charge in [0.25, 0.3) is 0 Å². The number of anilines is 1. The molecule has 104 valence electrons. The SMILES string of the molecule is O=C(CSCc1ccc(Cl)cc1)Nc1cccc(F)c1. The highest BCUT2D eigenvalue weighted by atomic mass is 35.5. The van der Waals surface area contributed by atoms with Gasteiger partial charge in [-0.3, -0.25) is 4.79 Å². The van der Waals surface area contributed by atoms with Crippen LogP contribution in [0.1, 0.15) is 5.56 Å². The second-order valence-corrected chi connectivity index (χ2v) is 5.60. The van der Waals surface area contributed by atoms with Crippen molar-refractivity contribution < 1.29 is 9.18 Å². The molecule has 2 aromatic rings. The fourth-order valence-corrected chi connectivity index (χ4v) is 2.52. The number of benzene rings is 2. The van der Waals surface area contributed by atoms with Gasteiger partial charge in [0.2, 0.25) is 5.91 Å². The van der Waals surface area contributed by atoms with Crippen molar-refractivity contribution in [2.24, 2.45) is 0 Å². The summed E-state index contributed by atoms with van der Waals surface area (Å²) in [4.78, 5) is 11.7. The standard InChI is InChI=1S/C15H13ClFNOS/c16-12-6-4-11(5-7-12)9-20-10-15(19)18-14-3-1-2-13(17)8-14/h1-8H,9-10H2,(H,18,19). The minimum absolute atomic E-state index is 0.144. The summed E-state index contributed by atoms with van der Waals surface area (Å²) in [5, 5.41) is 3.35. The molecule has 0 unspecified atom stereocenters. The highest BCUT2D eigenvalue weighted by Crippen LogP contribution is 2.16. The zero-order chi connectivity index (χ0) is 14.4. The van der Waals surface area contributed by atoms with Gasteiger partial charge in [0.15, 0.2) is 0 Å². The van der Waals surface area contributed by atoms with Crippen molar-refractivity contribution in [3.8, 4) is 0 Å². The monoisotopic (exact) mass is 309 g/mol. The van der Waals surface area contributed by atoms with E-state index in [9.17, 15) is 9.18 Å². The molecule has 5 heteroatoms. The van der Waals surface area contributed by atoms with Crippen molar-refractivity contribution in [3.63, 3.8) is 0 Å². The molecule has 0 aliphatic carbocycles. The molecule has 2 rings (SSSR count). The summed E-state index contributed by atoms with van der Waals surface area (Å²) in [5.41, 5.74) is 1.58. The predicted octanol–water partition coefficient (Wildman–Crippen LogP) is 4.35. The number of rotatable bonds is 5. The quantitative estimate of drug-likeness (QED) is 0.889. The Hall–Kier alpha value is -1.52. The van der Waals surface area contributed by atoms with E-state index in [4.69, 9.17) is 11.6 Å². The summed E-state index contributed by atoms with van der Waals surface area (Å²) in [5.74, 6) is 0.540. The molecule has 0 fully saturated rings. The second-order valence-electron chi connectivity index (χ2n) is 4.18. The number of carbonyl (C=O) groups is 1. The van der Waals surface area contributed by atoms with Crippen LogP contribution >= 0.6 is 23.4 Å². The first-order valence-electron chi connectivity index (χ1n) is 6.01. The maximum absolute atomic E-state index is 13.0. The van der Waals surface area contributed by atoms with E-state index in [0.717, 1.165) is 11.3 Å². The topological polar surface area (TPSA) is 29.1 Å². The van der Waals surface area contributed by atoms with Gasteiger partial charge in [-0.25, -0.2) is 4.39 Å². The van der Waals surface area contributed by atoms with Crippen LogP contribution in [0, 0.1) is 5.82 Å². The van der Waals surface area contributed by atoms with Crippen molar-refractivity contribution in [3.05, 3.63) is 64.9 Å². The lowest BCUT2D eigenvalue weighted by Crippen LogP contribution is -2.14. The average molecular weight is 310 g/mol. The smallest absolute Gasteiger partial charge is 0.234 e. The fraction of sp³-hybridized carbons (Fsp3) is 0.133. The molecule has 0 heterocycles. The van der Waals surface area contributed by atoms with Crippen LogP contribution in [-0.4, -0.2) is 11.7 Å². The molecule has 1 amide bonds. The molecule has 0 bridgehead atoms. The van der Waals surface area contributed by atoms with E-state index in [-0.39, 0.29) is 11.7 Å². The molecule has 0 atom stereocenters. The summed E-state index contributed by atoms with van der Waals surface area (Å²) in [6.07, 6.45) is 0. The third kappa shape index (κ3) is 4.87. The summed E-state index contributed by atoms with van der Waals surface area (Å²) in [6.45, 7) is 0. The Morgan fingerprint density at radius 2 is 1.95 bits per heavy atom. The third-order valence-electron chi connectivity index (χ3n) is 2.52. The van der Waals surface area contributed by atoms with E-state index in [1.165, 1.54) is 23.9 Å². The number of carbonyl (C=O) groups excluding carboxylic acids is 1. The van der Waals surface area contributed by atoms with Gasteiger partial charge in [-0.1, -0.05) is 29.8 Å². The van der Waals surface area contributed by atoms with Crippen LogP contribution in [0.25, 0.3) is 0 Å². The van der Waals surface area contributed by atoms with Gasteiger partial charge < -0.3 is 5.32 Å². The Balaban J connectivity index is 1.76. The number of amides is 1. The molecular weight excluding hydrogens is 297 g/mol. The van der Waals surface area contributed by atoms with Crippen LogP contribution in [0.2, 0.25) is 5.02 Å². The number of hydrogen-bond donors (Lipinski definition) is 1. The highest BCUT2D eigenvalue weighted by molar-refractivity contribution is 7.99. The molecule has 0 aliphatic rings. The minimum Gasteiger partial charge on any atom is -0.325 e. The van der Waals surface area contributed by atoms with E-state index < -0.39 is 0 Å². The van der Waals surface area contributed by atoms with Crippen LogP contribution in [0.3, 0.4) is 0 Å². The summed E-state index contributed by atoms with van der Waals surface area (Å²) < 4.78 is 13.0. The van der Waals surface area contributed by atoms with Crippen molar-refractivity contribution >= 4 is 35.0 Å². The minimum atomic E-state index is -0.364. The van der Waals surface area contributed by atoms with Gasteiger partial charge in [-0.15, -0.1) is 11.8 Å². The van der Waals surface area contributed by atoms with E-state index >= 15 is 0 Å². The van der Waals surface area contributed by atoms with Crippen LogP contribution < -0.4 is 5.32 Å². The molecule has 20 heavy (non-hydrogen) atoms. The lowest BCUT2D eigenvalue weighted by molar-refractivity contribution is -0.113. The lowest BCUT2D eigenvalue weighted by Gasteiger charge is -2.05. The average Bonchev–Trinajstić information content (AvgIpc) is 2.41. The zero-order valence-electron chi connectivity index (χ0n) is 10.6. The molecule has 0 saturated carbocycles. The predicted molar refractivity (Wildman–Crippen MR) is 82.6 cm³/mol. The number of halogens is 2. The summed E-state index contributed by atoms with van der Waals surface area (Å²) in [6, 6.07) is 13.4. The first-order valence-corrected chi connectivity index (χ1v) is 7.54. The van der Waals surface area contributed by atoms with Crippen molar-refractivity contribution in [1.29, 1.82) is 0 Å². The van der Waals surface area contributed by atoms with Gasteiger partial charge >= 0.3 is 0 Å². The molecule has 0 aliphatic heterocycles. The Kier molecular flexibility index (Phi) is 5.44. The normalized spacial score (nSPS) is 10.3. The first kappa shape index (κ1) is 14.9. The molecule has 0 spiro atoms. The zero-order valence-corrected chi connectivity index (χ0v) is 12.2. The Morgan fingerprint density at radius 1 is 1.20 bits per heavy atom.